The molecule has 4 rings (SSSR count). The summed E-state index contributed by atoms with van der Waals surface area (Å²) in [6.45, 7) is 7.36. The van der Waals surface area contributed by atoms with Crippen molar-refractivity contribution in [2.45, 2.75) is 25.2 Å². The van der Waals surface area contributed by atoms with Crippen molar-refractivity contribution >= 4 is 33.2 Å². The molecule has 2 fully saturated rings. The number of thiophene rings is 1. The number of rotatable bonds is 5. The maximum absolute atomic E-state index is 13.1. The quantitative estimate of drug-likeness (QED) is 0.610. The standard InChI is InChI=1S/C21H29N5O5S2/c1-16-20(17(2)31-22-16)33(29,30)26-7-4-6-23(8-13-26)15-19(27)24-9-11-25(12-10-24)21(28)18-5-3-14-32-18/h3,5,14H,4,6-13,15H2,1-2H3. The Morgan fingerprint density at radius 3 is 2.39 bits per heavy atom. The Bertz CT molecular complexity index is 1070. The molecule has 2 aliphatic rings. The molecule has 0 bridgehead atoms. The lowest BCUT2D eigenvalue weighted by molar-refractivity contribution is -0.133. The van der Waals surface area contributed by atoms with Gasteiger partial charge in [-0.2, -0.15) is 4.31 Å². The third-order valence-corrected chi connectivity index (χ3v) is 9.13. The molecule has 33 heavy (non-hydrogen) atoms. The first-order valence-electron chi connectivity index (χ1n) is 11.0. The van der Waals surface area contributed by atoms with Gasteiger partial charge in [-0.3, -0.25) is 14.5 Å². The first-order valence-corrected chi connectivity index (χ1v) is 13.4. The molecule has 0 saturated carbocycles. The fraction of sp³-hybridized carbons (Fsp3) is 0.571. The zero-order chi connectivity index (χ0) is 23.6. The molecule has 0 radical (unpaired) electrons. The summed E-state index contributed by atoms with van der Waals surface area (Å²) in [5.74, 6) is 0.324. The van der Waals surface area contributed by atoms with Crippen molar-refractivity contribution < 1.29 is 22.5 Å². The molecule has 2 aromatic rings. The van der Waals surface area contributed by atoms with Gasteiger partial charge in [-0.15, -0.1) is 11.3 Å². The van der Waals surface area contributed by atoms with Crippen LogP contribution in [0.4, 0.5) is 0 Å². The van der Waals surface area contributed by atoms with Crippen molar-refractivity contribution in [2.75, 3.05) is 58.9 Å². The smallest absolute Gasteiger partial charge is 0.264 e. The van der Waals surface area contributed by atoms with E-state index in [2.05, 4.69) is 5.16 Å². The van der Waals surface area contributed by atoms with Crippen molar-refractivity contribution in [2.24, 2.45) is 0 Å². The summed E-state index contributed by atoms with van der Waals surface area (Å²) in [5, 5.41) is 5.66. The van der Waals surface area contributed by atoms with E-state index in [-0.39, 0.29) is 23.3 Å². The Labute approximate surface area is 197 Å². The summed E-state index contributed by atoms with van der Waals surface area (Å²) < 4.78 is 32.7. The van der Waals surface area contributed by atoms with Crippen LogP contribution in [0.2, 0.25) is 0 Å². The largest absolute Gasteiger partial charge is 0.360 e. The average molecular weight is 496 g/mol. The summed E-state index contributed by atoms with van der Waals surface area (Å²) in [4.78, 5) is 31.8. The molecule has 2 amide bonds. The van der Waals surface area contributed by atoms with Gasteiger partial charge < -0.3 is 14.3 Å². The topological polar surface area (TPSA) is 107 Å². The van der Waals surface area contributed by atoms with E-state index in [1.54, 1.807) is 23.6 Å². The van der Waals surface area contributed by atoms with Gasteiger partial charge in [-0.05, 0) is 38.3 Å². The van der Waals surface area contributed by atoms with Crippen molar-refractivity contribution in [1.29, 1.82) is 0 Å². The normalized spacial score (nSPS) is 19.0. The van der Waals surface area contributed by atoms with Crippen LogP contribution in [0.15, 0.2) is 26.9 Å². The summed E-state index contributed by atoms with van der Waals surface area (Å²) in [7, 11) is -3.69. The van der Waals surface area contributed by atoms with Crippen LogP contribution in [0.3, 0.4) is 0 Å². The zero-order valence-electron chi connectivity index (χ0n) is 18.9. The van der Waals surface area contributed by atoms with E-state index in [1.807, 2.05) is 22.4 Å². The number of nitrogens with zero attached hydrogens (tertiary/aromatic N) is 5. The summed E-state index contributed by atoms with van der Waals surface area (Å²) in [6, 6.07) is 3.68. The number of hydrogen-bond acceptors (Lipinski definition) is 8. The van der Waals surface area contributed by atoms with Crippen LogP contribution in [-0.2, 0) is 14.8 Å². The van der Waals surface area contributed by atoms with Gasteiger partial charge in [0.2, 0.25) is 15.9 Å². The molecule has 4 heterocycles. The summed E-state index contributed by atoms with van der Waals surface area (Å²) in [5.41, 5.74) is 0.362. The van der Waals surface area contributed by atoms with Gasteiger partial charge >= 0.3 is 0 Å². The van der Waals surface area contributed by atoms with Gasteiger partial charge in [0.05, 0.1) is 11.4 Å². The second-order valence-corrected chi connectivity index (χ2v) is 11.2. The van der Waals surface area contributed by atoms with E-state index < -0.39 is 10.0 Å². The Balaban J connectivity index is 1.29. The minimum Gasteiger partial charge on any atom is -0.360 e. The van der Waals surface area contributed by atoms with Crippen LogP contribution in [0, 0.1) is 13.8 Å². The van der Waals surface area contributed by atoms with Gasteiger partial charge in [0.1, 0.15) is 10.6 Å². The molecule has 0 atom stereocenters. The number of hydrogen-bond donors (Lipinski definition) is 0. The molecule has 0 aliphatic carbocycles. The monoisotopic (exact) mass is 495 g/mol. The van der Waals surface area contributed by atoms with Gasteiger partial charge in [-0.25, -0.2) is 8.42 Å². The number of aryl methyl sites for hydroxylation is 2. The number of carbonyl (C=O) groups is 2. The molecular weight excluding hydrogens is 466 g/mol. The highest BCUT2D eigenvalue weighted by molar-refractivity contribution is 7.89. The average Bonchev–Trinajstić information content (AvgIpc) is 3.38. The molecule has 10 nitrogen and oxygen atoms in total. The molecule has 2 aromatic heterocycles. The van der Waals surface area contributed by atoms with Crippen LogP contribution < -0.4 is 0 Å². The van der Waals surface area contributed by atoms with E-state index in [4.69, 9.17) is 4.52 Å². The minimum atomic E-state index is -3.69. The van der Waals surface area contributed by atoms with Crippen LogP contribution >= 0.6 is 11.3 Å². The minimum absolute atomic E-state index is 0.0141. The lowest BCUT2D eigenvalue weighted by Gasteiger charge is -2.35. The number of amides is 2. The van der Waals surface area contributed by atoms with E-state index in [1.165, 1.54) is 15.6 Å². The molecule has 2 aliphatic heterocycles. The van der Waals surface area contributed by atoms with E-state index in [0.717, 1.165) is 4.88 Å². The van der Waals surface area contributed by atoms with Gasteiger partial charge in [0.15, 0.2) is 5.76 Å². The molecule has 0 aromatic carbocycles. The molecule has 12 heteroatoms. The predicted molar refractivity (Wildman–Crippen MR) is 123 cm³/mol. The highest BCUT2D eigenvalue weighted by atomic mass is 32.2. The molecule has 0 N–H and O–H groups in total. The number of aromatic nitrogens is 1. The highest BCUT2D eigenvalue weighted by Crippen LogP contribution is 2.24. The Morgan fingerprint density at radius 2 is 1.76 bits per heavy atom. The SMILES string of the molecule is Cc1noc(C)c1S(=O)(=O)N1CCCN(CC(=O)N2CCN(C(=O)c3cccs3)CC2)CC1. The number of carbonyl (C=O) groups excluding carboxylic acids is 2. The molecule has 180 valence electrons. The molecule has 0 spiro atoms. The molecular formula is C21H29N5O5S2. The van der Waals surface area contributed by atoms with Crippen LogP contribution in [-0.4, -0.2) is 103 Å². The molecule has 0 unspecified atom stereocenters. The number of sulfonamides is 1. The third kappa shape index (κ3) is 5.13. The van der Waals surface area contributed by atoms with Crippen molar-refractivity contribution in [3.05, 3.63) is 33.8 Å². The Kier molecular flexibility index (Phi) is 7.17. The summed E-state index contributed by atoms with van der Waals surface area (Å²) in [6.07, 6.45) is 0.638. The molecule has 2 saturated heterocycles. The Morgan fingerprint density at radius 1 is 1.03 bits per heavy atom. The lowest BCUT2D eigenvalue weighted by Crippen LogP contribution is -2.52. The van der Waals surface area contributed by atoms with Gasteiger partial charge in [-0.1, -0.05) is 11.2 Å². The number of piperazine rings is 1. The first kappa shape index (κ1) is 23.9. The van der Waals surface area contributed by atoms with Crippen molar-refractivity contribution in [3.63, 3.8) is 0 Å². The maximum Gasteiger partial charge on any atom is 0.264 e. The fourth-order valence-electron chi connectivity index (χ4n) is 4.32. The highest BCUT2D eigenvalue weighted by Gasteiger charge is 2.33. The van der Waals surface area contributed by atoms with Crippen molar-refractivity contribution in [1.82, 2.24) is 24.2 Å². The predicted octanol–water partition coefficient (Wildman–Crippen LogP) is 1.03. The van der Waals surface area contributed by atoms with Crippen LogP contribution in [0.1, 0.15) is 27.5 Å². The van der Waals surface area contributed by atoms with Crippen LogP contribution in [0.5, 0.6) is 0 Å². The van der Waals surface area contributed by atoms with E-state index >= 15 is 0 Å². The maximum atomic E-state index is 13.1. The lowest BCUT2D eigenvalue weighted by atomic mass is 10.2. The van der Waals surface area contributed by atoms with E-state index in [9.17, 15) is 18.0 Å². The van der Waals surface area contributed by atoms with E-state index in [0.29, 0.717) is 70.2 Å². The van der Waals surface area contributed by atoms with Gasteiger partial charge in [0.25, 0.3) is 5.91 Å². The van der Waals surface area contributed by atoms with Crippen LogP contribution in [0.25, 0.3) is 0 Å². The Hall–Kier alpha value is -2.28. The summed E-state index contributed by atoms with van der Waals surface area (Å²) >= 11 is 1.43. The second-order valence-electron chi connectivity index (χ2n) is 8.34. The second kappa shape index (κ2) is 9.92. The van der Waals surface area contributed by atoms with Crippen molar-refractivity contribution in [3.8, 4) is 0 Å². The fourth-order valence-corrected chi connectivity index (χ4v) is 6.78. The third-order valence-electron chi connectivity index (χ3n) is 6.12. The first-order chi connectivity index (χ1) is 15.8. The zero-order valence-corrected chi connectivity index (χ0v) is 20.5. The van der Waals surface area contributed by atoms with Gasteiger partial charge in [0, 0.05) is 45.8 Å².